The van der Waals surface area contributed by atoms with Gasteiger partial charge in [0.15, 0.2) is 0 Å². The number of nitrogens with zero attached hydrogens (tertiary/aromatic N) is 5. The van der Waals surface area contributed by atoms with E-state index in [2.05, 4.69) is 28.5 Å². The van der Waals surface area contributed by atoms with E-state index in [-0.39, 0.29) is 11.2 Å². The van der Waals surface area contributed by atoms with Crippen molar-refractivity contribution >= 4 is 17.7 Å². The van der Waals surface area contributed by atoms with Crippen molar-refractivity contribution in [1.82, 2.24) is 25.1 Å². The van der Waals surface area contributed by atoms with Gasteiger partial charge in [-0.15, -0.1) is 5.10 Å². The Labute approximate surface area is 153 Å². The molecule has 0 spiro atoms. The van der Waals surface area contributed by atoms with Crippen LogP contribution in [0.3, 0.4) is 0 Å². The molecule has 25 heavy (non-hydrogen) atoms. The van der Waals surface area contributed by atoms with E-state index < -0.39 is 0 Å². The predicted molar refractivity (Wildman–Crippen MR) is 99.0 cm³/mol. The van der Waals surface area contributed by atoms with E-state index in [1.54, 1.807) is 4.68 Å². The van der Waals surface area contributed by atoms with Gasteiger partial charge in [0.05, 0.1) is 10.9 Å². The SMILES string of the molecule is Cc1ccc(-n2nnnc2S[C@@H](C)C(=O)N2CCCCCC2)c(C)c1. The molecular weight excluding hydrogens is 334 g/mol. The summed E-state index contributed by atoms with van der Waals surface area (Å²) in [6.07, 6.45) is 4.64. The largest absolute Gasteiger partial charge is 0.342 e. The fraction of sp³-hybridized carbons (Fsp3) is 0.556. The minimum Gasteiger partial charge on any atom is -0.342 e. The molecule has 1 fully saturated rings. The number of hydrogen-bond acceptors (Lipinski definition) is 5. The van der Waals surface area contributed by atoms with Crippen LogP contribution in [0.15, 0.2) is 23.4 Å². The summed E-state index contributed by atoms with van der Waals surface area (Å²) in [6.45, 7) is 7.79. The highest BCUT2D eigenvalue weighted by molar-refractivity contribution is 8.00. The summed E-state index contributed by atoms with van der Waals surface area (Å²) >= 11 is 1.43. The third kappa shape index (κ3) is 4.21. The van der Waals surface area contributed by atoms with Crippen LogP contribution in [-0.2, 0) is 4.79 Å². The summed E-state index contributed by atoms with van der Waals surface area (Å²) in [4.78, 5) is 14.8. The quantitative estimate of drug-likeness (QED) is 0.785. The van der Waals surface area contributed by atoms with Gasteiger partial charge < -0.3 is 4.90 Å². The minimum absolute atomic E-state index is 0.182. The van der Waals surface area contributed by atoms with Gasteiger partial charge in [-0.2, -0.15) is 4.68 Å². The standard InChI is InChI=1S/C18H25N5OS/c1-13-8-9-16(14(2)12-13)23-18(19-20-21-23)25-15(3)17(24)22-10-6-4-5-7-11-22/h8-9,12,15H,4-7,10-11H2,1-3H3/t15-/m0/s1. The van der Waals surface area contributed by atoms with Gasteiger partial charge in [0.25, 0.3) is 0 Å². The molecule has 1 aromatic carbocycles. The summed E-state index contributed by atoms with van der Waals surface area (Å²) in [5.74, 6) is 0.182. The first kappa shape index (κ1) is 17.9. The smallest absolute Gasteiger partial charge is 0.235 e. The number of hydrogen-bond donors (Lipinski definition) is 0. The Hall–Kier alpha value is -1.89. The van der Waals surface area contributed by atoms with Gasteiger partial charge in [0.2, 0.25) is 11.1 Å². The lowest BCUT2D eigenvalue weighted by atomic mass is 10.1. The van der Waals surface area contributed by atoms with Crippen molar-refractivity contribution in [2.45, 2.75) is 56.9 Å². The monoisotopic (exact) mass is 359 g/mol. The van der Waals surface area contributed by atoms with E-state index >= 15 is 0 Å². The molecule has 0 radical (unpaired) electrons. The highest BCUT2D eigenvalue weighted by atomic mass is 32.2. The van der Waals surface area contributed by atoms with Gasteiger partial charge in [-0.1, -0.05) is 42.3 Å². The average Bonchev–Trinajstić information content (AvgIpc) is 2.86. The first-order chi connectivity index (χ1) is 12.1. The summed E-state index contributed by atoms with van der Waals surface area (Å²) < 4.78 is 1.73. The lowest BCUT2D eigenvalue weighted by molar-refractivity contribution is -0.130. The van der Waals surface area contributed by atoms with Crippen molar-refractivity contribution in [2.75, 3.05) is 13.1 Å². The Morgan fingerprint density at radius 2 is 1.88 bits per heavy atom. The number of thioether (sulfide) groups is 1. The van der Waals surface area contributed by atoms with Crippen LogP contribution < -0.4 is 0 Å². The second kappa shape index (κ2) is 7.99. The molecule has 0 saturated carbocycles. The van der Waals surface area contributed by atoms with E-state index in [9.17, 15) is 4.79 Å². The fourth-order valence-corrected chi connectivity index (χ4v) is 4.09. The number of carbonyl (C=O) groups is 1. The summed E-state index contributed by atoms with van der Waals surface area (Å²) in [6, 6.07) is 6.17. The number of tetrazole rings is 1. The zero-order valence-electron chi connectivity index (χ0n) is 15.1. The van der Waals surface area contributed by atoms with Gasteiger partial charge in [0.1, 0.15) is 0 Å². The Kier molecular flexibility index (Phi) is 5.73. The minimum atomic E-state index is -0.200. The van der Waals surface area contributed by atoms with Crippen molar-refractivity contribution < 1.29 is 4.79 Å². The lowest BCUT2D eigenvalue weighted by Gasteiger charge is -2.23. The van der Waals surface area contributed by atoms with E-state index in [0.717, 1.165) is 37.2 Å². The summed E-state index contributed by atoms with van der Waals surface area (Å²) in [5, 5.41) is 12.5. The lowest BCUT2D eigenvalue weighted by Crippen LogP contribution is -2.37. The number of aromatic nitrogens is 4. The summed E-state index contributed by atoms with van der Waals surface area (Å²) in [5.41, 5.74) is 3.27. The molecule has 1 atom stereocenters. The number of carbonyl (C=O) groups excluding carboxylic acids is 1. The topological polar surface area (TPSA) is 63.9 Å². The maximum absolute atomic E-state index is 12.8. The van der Waals surface area contributed by atoms with Crippen molar-refractivity contribution in [3.05, 3.63) is 29.3 Å². The first-order valence-electron chi connectivity index (χ1n) is 8.87. The molecular formula is C18H25N5OS. The molecule has 0 aliphatic carbocycles. The maximum atomic E-state index is 12.8. The molecule has 2 heterocycles. The van der Waals surface area contributed by atoms with Gasteiger partial charge in [-0.25, -0.2) is 0 Å². The maximum Gasteiger partial charge on any atom is 0.235 e. The second-order valence-electron chi connectivity index (χ2n) is 6.66. The molecule has 0 unspecified atom stereocenters. The molecule has 1 amide bonds. The van der Waals surface area contributed by atoms with Crippen LogP contribution in [0.5, 0.6) is 0 Å². The average molecular weight is 359 g/mol. The van der Waals surface area contributed by atoms with Crippen LogP contribution in [0.2, 0.25) is 0 Å². The van der Waals surface area contributed by atoms with Crippen LogP contribution in [0, 0.1) is 13.8 Å². The molecule has 1 aliphatic rings. The molecule has 1 saturated heterocycles. The van der Waals surface area contributed by atoms with Crippen LogP contribution in [0.4, 0.5) is 0 Å². The highest BCUT2D eigenvalue weighted by Crippen LogP contribution is 2.26. The fourth-order valence-electron chi connectivity index (χ4n) is 3.20. The Morgan fingerprint density at radius 3 is 2.56 bits per heavy atom. The van der Waals surface area contributed by atoms with Crippen molar-refractivity contribution in [3.8, 4) is 5.69 Å². The Bertz CT molecular complexity index is 737. The highest BCUT2D eigenvalue weighted by Gasteiger charge is 2.24. The Balaban J connectivity index is 1.75. The molecule has 3 rings (SSSR count). The van der Waals surface area contributed by atoms with Crippen molar-refractivity contribution in [3.63, 3.8) is 0 Å². The zero-order chi connectivity index (χ0) is 17.8. The van der Waals surface area contributed by atoms with Gasteiger partial charge >= 0.3 is 0 Å². The molecule has 2 aromatic rings. The molecule has 0 bridgehead atoms. The molecule has 6 nitrogen and oxygen atoms in total. The van der Waals surface area contributed by atoms with Crippen LogP contribution in [0.1, 0.15) is 43.7 Å². The van der Waals surface area contributed by atoms with Gasteiger partial charge in [-0.05, 0) is 55.7 Å². The normalized spacial score (nSPS) is 16.5. The summed E-state index contributed by atoms with van der Waals surface area (Å²) in [7, 11) is 0. The Morgan fingerprint density at radius 1 is 1.16 bits per heavy atom. The zero-order valence-corrected chi connectivity index (χ0v) is 15.9. The molecule has 134 valence electrons. The third-order valence-electron chi connectivity index (χ3n) is 4.57. The van der Waals surface area contributed by atoms with Crippen LogP contribution in [-0.4, -0.2) is 49.4 Å². The van der Waals surface area contributed by atoms with E-state index in [1.807, 2.05) is 30.9 Å². The van der Waals surface area contributed by atoms with Crippen molar-refractivity contribution in [1.29, 1.82) is 0 Å². The number of benzene rings is 1. The van der Waals surface area contributed by atoms with E-state index in [1.165, 1.54) is 30.2 Å². The van der Waals surface area contributed by atoms with E-state index in [0.29, 0.717) is 5.16 Å². The first-order valence-corrected chi connectivity index (χ1v) is 9.75. The number of amides is 1. The van der Waals surface area contributed by atoms with Crippen LogP contribution >= 0.6 is 11.8 Å². The molecule has 1 aromatic heterocycles. The number of rotatable bonds is 4. The van der Waals surface area contributed by atoms with Gasteiger partial charge in [-0.3, -0.25) is 4.79 Å². The molecule has 7 heteroatoms. The predicted octanol–water partition coefficient (Wildman–Crippen LogP) is 3.16. The van der Waals surface area contributed by atoms with Gasteiger partial charge in [0, 0.05) is 13.1 Å². The molecule has 0 N–H and O–H groups in total. The van der Waals surface area contributed by atoms with Crippen molar-refractivity contribution in [2.24, 2.45) is 0 Å². The number of likely N-dealkylation sites (tertiary alicyclic amines) is 1. The third-order valence-corrected chi connectivity index (χ3v) is 5.59. The van der Waals surface area contributed by atoms with Crippen LogP contribution in [0.25, 0.3) is 5.69 Å². The molecule has 1 aliphatic heterocycles. The second-order valence-corrected chi connectivity index (χ2v) is 7.97. The number of aryl methyl sites for hydroxylation is 2. The van der Waals surface area contributed by atoms with E-state index in [4.69, 9.17) is 0 Å².